The molecule has 0 atom stereocenters. The third-order valence-electron chi connectivity index (χ3n) is 0.585. The molecule has 0 unspecified atom stereocenters. The normalized spacial score (nSPS) is 9.50. The van der Waals surface area contributed by atoms with Gasteiger partial charge < -0.3 is 4.90 Å². The van der Waals surface area contributed by atoms with Crippen molar-refractivity contribution in [2.24, 2.45) is 0 Å². The maximum Gasteiger partial charge on any atom is 0.257 e. The lowest BCUT2D eigenvalue weighted by Gasteiger charge is -2.05. The molecule has 0 aliphatic heterocycles. The predicted molar refractivity (Wildman–Crippen MR) is 28.5 cm³/mol. The molecule has 0 aliphatic carbocycles. The lowest BCUT2D eigenvalue weighted by molar-refractivity contribution is -0.129. The van der Waals surface area contributed by atoms with Crippen molar-refractivity contribution >= 4 is 5.91 Å². The van der Waals surface area contributed by atoms with E-state index in [0.717, 1.165) is 0 Å². The minimum atomic E-state index is -0.394. The van der Waals surface area contributed by atoms with Crippen molar-refractivity contribution in [3.8, 4) is 0 Å². The lowest BCUT2D eigenvalue weighted by atomic mass is 10.6. The minimum Gasteiger partial charge on any atom is -0.301 e. The number of hydroxylamine groups is 1. The van der Waals surface area contributed by atoms with E-state index in [-0.39, 0.29) is 6.54 Å². The van der Waals surface area contributed by atoms with Crippen LogP contribution in [0, 0.1) is 0 Å². The highest BCUT2D eigenvalue weighted by Crippen LogP contribution is 1.70. The number of carbonyl (C=O) groups is 1. The quantitative estimate of drug-likeness (QED) is 0.363. The van der Waals surface area contributed by atoms with Crippen LogP contribution in [0.3, 0.4) is 0 Å². The van der Waals surface area contributed by atoms with Gasteiger partial charge in [-0.15, -0.1) is 0 Å². The molecular weight excluding hydrogens is 108 g/mol. The highest BCUT2D eigenvalue weighted by atomic mass is 16.5. The summed E-state index contributed by atoms with van der Waals surface area (Å²) in [7, 11) is 3.49. The number of amides is 1. The van der Waals surface area contributed by atoms with Crippen LogP contribution < -0.4 is 5.48 Å². The van der Waals surface area contributed by atoms with Gasteiger partial charge in [0.1, 0.15) is 0 Å². The molecule has 4 heteroatoms. The van der Waals surface area contributed by atoms with Crippen LogP contribution in [-0.4, -0.2) is 36.7 Å². The highest BCUT2D eigenvalue weighted by Gasteiger charge is 1.97. The van der Waals surface area contributed by atoms with Crippen LogP contribution in [-0.2, 0) is 4.79 Å². The molecule has 0 saturated heterocycles. The van der Waals surface area contributed by atoms with Crippen molar-refractivity contribution in [1.29, 1.82) is 0 Å². The first-order valence-corrected chi connectivity index (χ1v) is 2.24. The number of hydrogen-bond acceptors (Lipinski definition) is 3. The van der Waals surface area contributed by atoms with Gasteiger partial charge in [0, 0.05) is 0 Å². The summed E-state index contributed by atoms with van der Waals surface area (Å²) >= 11 is 0. The minimum absolute atomic E-state index is 0.219. The average Bonchev–Trinajstić information content (AvgIpc) is 1.65. The van der Waals surface area contributed by atoms with Crippen LogP contribution in [0.25, 0.3) is 0 Å². The maximum atomic E-state index is 10.2. The molecule has 0 radical (unpaired) electrons. The topological polar surface area (TPSA) is 52.6 Å². The highest BCUT2D eigenvalue weighted by molar-refractivity contribution is 5.76. The molecule has 0 aromatic carbocycles. The van der Waals surface area contributed by atoms with Crippen LogP contribution in [0.15, 0.2) is 0 Å². The third-order valence-corrected chi connectivity index (χ3v) is 0.585. The third kappa shape index (κ3) is 3.58. The van der Waals surface area contributed by atoms with Gasteiger partial charge in [0.15, 0.2) is 0 Å². The van der Waals surface area contributed by atoms with Gasteiger partial charge in [-0.2, -0.15) is 0 Å². The largest absolute Gasteiger partial charge is 0.301 e. The average molecular weight is 118 g/mol. The van der Waals surface area contributed by atoms with E-state index >= 15 is 0 Å². The summed E-state index contributed by atoms with van der Waals surface area (Å²) in [6.07, 6.45) is 0. The fourth-order valence-electron chi connectivity index (χ4n) is 0.323. The van der Waals surface area contributed by atoms with Crippen molar-refractivity contribution in [1.82, 2.24) is 10.4 Å². The van der Waals surface area contributed by atoms with E-state index < -0.39 is 5.91 Å². The molecule has 0 rings (SSSR count). The fraction of sp³-hybridized carbons (Fsp3) is 0.750. The number of carbonyl (C=O) groups excluding carboxylic acids is 1. The Bertz CT molecular complexity index is 82.1. The summed E-state index contributed by atoms with van der Waals surface area (Å²) in [5.41, 5.74) is 1.52. The molecule has 0 aliphatic rings. The molecule has 48 valence electrons. The first-order valence-electron chi connectivity index (χ1n) is 2.24. The number of hydrogen-bond donors (Lipinski definition) is 2. The van der Waals surface area contributed by atoms with E-state index in [0.29, 0.717) is 0 Å². The molecule has 0 saturated carbocycles. The van der Waals surface area contributed by atoms with Gasteiger partial charge >= 0.3 is 0 Å². The zero-order valence-corrected chi connectivity index (χ0v) is 5.01. The Hall–Kier alpha value is -0.610. The molecule has 2 N–H and O–H groups in total. The van der Waals surface area contributed by atoms with Crippen LogP contribution >= 0.6 is 0 Å². The van der Waals surface area contributed by atoms with E-state index in [1.807, 2.05) is 0 Å². The number of nitrogens with zero attached hydrogens (tertiary/aromatic N) is 1. The molecule has 0 fully saturated rings. The van der Waals surface area contributed by atoms with Gasteiger partial charge in [-0.05, 0) is 14.1 Å². The summed E-state index contributed by atoms with van der Waals surface area (Å²) in [5.74, 6) is -0.394. The van der Waals surface area contributed by atoms with Gasteiger partial charge in [-0.25, -0.2) is 5.48 Å². The Labute approximate surface area is 48.1 Å². The van der Waals surface area contributed by atoms with Crippen LogP contribution in [0.4, 0.5) is 0 Å². The summed E-state index contributed by atoms with van der Waals surface area (Å²) in [5, 5.41) is 7.96. The van der Waals surface area contributed by atoms with Crippen molar-refractivity contribution in [3.63, 3.8) is 0 Å². The van der Waals surface area contributed by atoms with Crippen molar-refractivity contribution in [2.75, 3.05) is 20.6 Å². The van der Waals surface area contributed by atoms with Crippen molar-refractivity contribution < 1.29 is 10.0 Å². The molecule has 1 amide bonds. The Balaban J connectivity index is 3.25. The zero-order chi connectivity index (χ0) is 6.57. The van der Waals surface area contributed by atoms with Gasteiger partial charge in [0.05, 0.1) is 6.54 Å². The summed E-state index contributed by atoms with van der Waals surface area (Å²) in [6, 6.07) is 0. The number of nitrogens with one attached hydrogen (secondary N) is 1. The van der Waals surface area contributed by atoms with E-state index in [2.05, 4.69) is 0 Å². The summed E-state index contributed by atoms with van der Waals surface area (Å²) in [6.45, 7) is 0.219. The van der Waals surface area contributed by atoms with E-state index in [1.54, 1.807) is 19.0 Å². The Morgan fingerprint density at radius 2 is 2.25 bits per heavy atom. The lowest BCUT2D eigenvalue weighted by Crippen LogP contribution is -2.30. The SMILES string of the molecule is CN(C)CC(=O)NO. The van der Waals surface area contributed by atoms with Crippen LogP contribution in [0.2, 0.25) is 0 Å². The van der Waals surface area contributed by atoms with Gasteiger partial charge in [-0.1, -0.05) is 0 Å². The molecule has 0 aromatic rings. The van der Waals surface area contributed by atoms with Crippen molar-refractivity contribution in [2.45, 2.75) is 0 Å². The second kappa shape index (κ2) is 3.40. The summed E-state index contributed by atoms with van der Waals surface area (Å²) in [4.78, 5) is 11.9. The molecule has 0 spiro atoms. The molecule has 0 heterocycles. The van der Waals surface area contributed by atoms with E-state index in [1.165, 1.54) is 5.48 Å². The molecular formula is C4H10N2O2. The molecule has 4 nitrogen and oxygen atoms in total. The van der Waals surface area contributed by atoms with Gasteiger partial charge in [-0.3, -0.25) is 10.0 Å². The monoisotopic (exact) mass is 118 g/mol. The Kier molecular flexibility index (Phi) is 3.14. The molecule has 0 bridgehead atoms. The maximum absolute atomic E-state index is 10.2. The number of likely N-dealkylation sites (N-methyl/N-ethyl adjacent to an activating group) is 1. The Morgan fingerprint density at radius 1 is 1.75 bits per heavy atom. The predicted octanol–water partition coefficient (Wildman–Crippen LogP) is -0.947. The summed E-state index contributed by atoms with van der Waals surface area (Å²) < 4.78 is 0. The zero-order valence-electron chi connectivity index (χ0n) is 5.01. The van der Waals surface area contributed by atoms with Gasteiger partial charge in [0.25, 0.3) is 5.91 Å². The first kappa shape index (κ1) is 7.39. The second-order valence-electron chi connectivity index (χ2n) is 1.77. The standard InChI is InChI=1S/C4H10N2O2/c1-6(2)3-4(7)5-8/h8H,3H2,1-2H3,(H,5,7). The Morgan fingerprint density at radius 3 is 2.38 bits per heavy atom. The number of rotatable bonds is 2. The molecule has 8 heavy (non-hydrogen) atoms. The van der Waals surface area contributed by atoms with E-state index in [9.17, 15) is 4.79 Å². The van der Waals surface area contributed by atoms with Crippen molar-refractivity contribution in [3.05, 3.63) is 0 Å². The second-order valence-corrected chi connectivity index (χ2v) is 1.77. The first-order chi connectivity index (χ1) is 3.66. The van der Waals surface area contributed by atoms with Crippen LogP contribution in [0.5, 0.6) is 0 Å². The van der Waals surface area contributed by atoms with Gasteiger partial charge in [0.2, 0.25) is 0 Å². The molecule has 0 aromatic heterocycles. The smallest absolute Gasteiger partial charge is 0.257 e. The van der Waals surface area contributed by atoms with Crippen LogP contribution in [0.1, 0.15) is 0 Å². The van der Waals surface area contributed by atoms with E-state index in [4.69, 9.17) is 5.21 Å². The fourth-order valence-corrected chi connectivity index (χ4v) is 0.323.